The van der Waals surface area contributed by atoms with E-state index < -0.39 is 0 Å². The topological polar surface area (TPSA) is 51.7 Å². The summed E-state index contributed by atoms with van der Waals surface area (Å²) >= 11 is 0. The van der Waals surface area contributed by atoms with E-state index in [1.807, 2.05) is 12.3 Å². The van der Waals surface area contributed by atoms with E-state index in [4.69, 9.17) is 9.47 Å². The zero-order chi connectivity index (χ0) is 14.0. The maximum absolute atomic E-state index is 11.5. The van der Waals surface area contributed by atoms with Gasteiger partial charge < -0.3 is 9.47 Å². The highest BCUT2D eigenvalue weighted by atomic mass is 16.5. The van der Waals surface area contributed by atoms with Gasteiger partial charge in [-0.05, 0) is 31.0 Å². The molecule has 3 rings (SSSR count). The molecule has 0 unspecified atom stereocenters. The van der Waals surface area contributed by atoms with Gasteiger partial charge in [-0.1, -0.05) is 0 Å². The number of carbonyl (C=O) groups excluding carboxylic acids is 1. The van der Waals surface area contributed by atoms with E-state index in [2.05, 4.69) is 9.88 Å². The third kappa shape index (κ3) is 2.69. The average molecular weight is 276 g/mol. The molecule has 0 radical (unpaired) electrons. The van der Waals surface area contributed by atoms with E-state index in [1.165, 1.54) is 20.0 Å². The molecule has 0 aromatic carbocycles. The second-order valence-electron chi connectivity index (χ2n) is 5.88. The molecule has 0 aliphatic carbocycles. The van der Waals surface area contributed by atoms with Crippen LogP contribution >= 0.6 is 0 Å². The second-order valence-corrected chi connectivity index (χ2v) is 5.88. The molecule has 1 spiro atoms. The Morgan fingerprint density at radius 1 is 1.50 bits per heavy atom. The molecule has 0 atom stereocenters. The predicted octanol–water partition coefficient (Wildman–Crippen LogP) is 1.48. The van der Waals surface area contributed by atoms with Crippen molar-refractivity contribution in [2.45, 2.75) is 19.4 Å². The lowest BCUT2D eigenvalue weighted by Crippen LogP contribution is -2.53. The number of nitrogens with zero attached hydrogens (tertiary/aromatic N) is 2. The summed E-state index contributed by atoms with van der Waals surface area (Å²) in [5.41, 5.74) is 1.96. The minimum absolute atomic E-state index is 0.332. The highest BCUT2D eigenvalue weighted by Gasteiger charge is 2.41. The summed E-state index contributed by atoms with van der Waals surface area (Å²) < 4.78 is 10.1. The maximum Gasteiger partial charge on any atom is 0.339 e. The number of aromatic nitrogens is 1. The number of pyridine rings is 1. The van der Waals surface area contributed by atoms with Crippen LogP contribution in [0.15, 0.2) is 18.5 Å². The summed E-state index contributed by atoms with van der Waals surface area (Å²) in [6.45, 7) is 4.80. The number of esters is 1. The third-order valence-electron chi connectivity index (χ3n) is 4.18. The normalized spacial score (nSPS) is 21.4. The van der Waals surface area contributed by atoms with E-state index in [9.17, 15) is 4.79 Å². The molecular weight excluding hydrogens is 256 g/mol. The smallest absolute Gasteiger partial charge is 0.339 e. The van der Waals surface area contributed by atoms with Crippen LogP contribution in [-0.4, -0.2) is 49.3 Å². The van der Waals surface area contributed by atoms with E-state index in [-0.39, 0.29) is 5.97 Å². The molecule has 1 aromatic heterocycles. The van der Waals surface area contributed by atoms with Crippen molar-refractivity contribution >= 4 is 5.97 Å². The van der Waals surface area contributed by atoms with Crippen LogP contribution in [0.4, 0.5) is 0 Å². The summed E-state index contributed by atoms with van der Waals surface area (Å²) in [7, 11) is 1.39. The highest BCUT2D eigenvalue weighted by Crippen LogP contribution is 2.37. The molecule has 5 heteroatoms. The van der Waals surface area contributed by atoms with Crippen LogP contribution in [0.3, 0.4) is 0 Å². The Morgan fingerprint density at radius 3 is 3.05 bits per heavy atom. The summed E-state index contributed by atoms with van der Waals surface area (Å²) in [5.74, 6) is -0.332. The third-order valence-corrected chi connectivity index (χ3v) is 4.18. The van der Waals surface area contributed by atoms with Crippen LogP contribution < -0.4 is 0 Å². The van der Waals surface area contributed by atoms with Crippen molar-refractivity contribution in [3.63, 3.8) is 0 Å². The standard InChI is InChI=1S/C15H20N2O3/c1-19-14(18)13-5-12(6-16-7-13)8-17-4-2-3-15(9-17)10-20-11-15/h5-7H,2-4,8-11H2,1H3. The molecule has 0 bridgehead atoms. The van der Waals surface area contributed by atoms with Crippen molar-refractivity contribution in [3.05, 3.63) is 29.6 Å². The summed E-state index contributed by atoms with van der Waals surface area (Å²) in [4.78, 5) is 18.1. The van der Waals surface area contributed by atoms with Gasteiger partial charge in [0.1, 0.15) is 0 Å². The molecule has 108 valence electrons. The van der Waals surface area contributed by atoms with Gasteiger partial charge in [0, 0.05) is 30.9 Å². The van der Waals surface area contributed by atoms with Crippen LogP contribution in [0.1, 0.15) is 28.8 Å². The first-order valence-electron chi connectivity index (χ1n) is 7.03. The number of rotatable bonds is 3. The van der Waals surface area contributed by atoms with Gasteiger partial charge in [0.25, 0.3) is 0 Å². The highest BCUT2D eigenvalue weighted by molar-refractivity contribution is 5.89. The Bertz CT molecular complexity index is 500. The minimum Gasteiger partial charge on any atom is -0.465 e. The van der Waals surface area contributed by atoms with Crippen molar-refractivity contribution in [3.8, 4) is 0 Å². The first-order chi connectivity index (χ1) is 9.71. The molecule has 2 saturated heterocycles. The van der Waals surface area contributed by atoms with Crippen molar-refractivity contribution in [2.75, 3.05) is 33.4 Å². The van der Waals surface area contributed by atoms with Crippen LogP contribution in [0.2, 0.25) is 0 Å². The first kappa shape index (κ1) is 13.5. The van der Waals surface area contributed by atoms with Crippen molar-refractivity contribution < 1.29 is 14.3 Å². The molecule has 0 amide bonds. The van der Waals surface area contributed by atoms with Crippen LogP contribution in [0.25, 0.3) is 0 Å². The number of ether oxygens (including phenoxy) is 2. The number of likely N-dealkylation sites (tertiary alicyclic amines) is 1. The Hall–Kier alpha value is -1.46. The fourth-order valence-electron chi connectivity index (χ4n) is 3.13. The summed E-state index contributed by atoms with van der Waals surface area (Å²) in [6, 6.07) is 1.87. The molecule has 1 aromatic rings. The minimum atomic E-state index is -0.332. The van der Waals surface area contributed by atoms with E-state index in [0.29, 0.717) is 11.0 Å². The zero-order valence-corrected chi connectivity index (χ0v) is 11.8. The monoisotopic (exact) mass is 276 g/mol. The van der Waals surface area contributed by atoms with Crippen molar-refractivity contribution in [2.24, 2.45) is 5.41 Å². The molecule has 2 fully saturated rings. The van der Waals surface area contributed by atoms with Gasteiger partial charge in [0.15, 0.2) is 0 Å². The Balaban J connectivity index is 1.66. The number of hydrogen-bond acceptors (Lipinski definition) is 5. The number of hydrogen-bond donors (Lipinski definition) is 0. The summed E-state index contributed by atoms with van der Waals surface area (Å²) in [5, 5.41) is 0. The number of methoxy groups -OCH3 is 1. The molecule has 2 aliphatic rings. The Morgan fingerprint density at radius 2 is 2.35 bits per heavy atom. The van der Waals surface area contributed by atoms with E-state index in [0.717, 1.165) is 38.4 Å². The second kappa shape index (κ2) is 5.50. The number of piperidine rings is 1. The number of carbonyl (C=O) groups is 1. The Labute approximate surface area is 118 Å². The van der Waals surface area contributed by atoms with Gasteiger partial charge in [-0.2, -0.15) is 0 Å². The van der Waals surface area contributed by atoms with Crippen LogP contribution in [0.5, 0.6) is 0 Å². The van der Waals surface area contributed by atoms with E-state index >= 15 is 0 Å². The molecule has 5 nitrogen and oxygen atoms in total. The molecule has 0 N–H and O–H groups in total. The Kier molecular flexibility index (Phi) is 3.72. The molecule has 3 heterocycles. The van der Waals surface area contributed by atoms with Gasteiger partial charge in [0.2, 0.25) is 0 Å². The lowest BCUT2D eigenvalue weighted by atomic mass is 9.78. The fourth-order valence-corrected chi connectivity index (χ4v) is 3.13. The van der Waals surface area contributed by atoms with Crippen LogP contribution in [-0.2, 0) is 16.0 Å². The van der Waals surface area contributed by atoms with Gasteiger partial charge in [-0.15, -0.1) is 0 Å². The predicted molar refractivity (Wildman–Crippen MR) is 73.3 cm³/mol. The van der Waals surface area contributed by atoms with Crippen LogP contribution in [0, 0.1) is 5.41 Å². The molecule has 2 aliphatic heterocycles. The SMILES string of the molecule is COC(=O)c1cncc(CN2CCCC3(COC3)C2)c1. The van der Waals surface area contributed by atoms with Gasteiger partial charge in [-0.25, -0.2) is 4.79 Å². The molecule has 0 saturated carbocycles. The maximum atomic E-state index is 11.5. The molecular formula is C15H20N2O3. The van der Waals surface area contributed by atoms with Crippen molar-refractivity contribution in [1.29, 1.82) is 0 Å². The van der Waals surface area contributed by atoms with Gasteiger partial charge in [-0.3, -0.25) is 9.88 Å². The zero-order valence-electron chi connectivity index (χ0n) is 11.8. The van der Waals surface area contributed by atoms with Gasteiger partial charge >= 0.3 is 5.97 Å². The lowest BCUT2D eigenvalue weighted by Gasteiger charge is -2.48. The largest absolute Gasteiger partial charge is 0.465 e. The fraction of sp³-hybridized carbons (Fsp3) is 0.600. The average Bonchev–Trinajstić information content (AvgIpc) is 2.45. The quantitative estimate of drug-likeness (QED) is 0.783. The van der Waals surface area contributed by atoms with Crippen molar-refractivity contribution in [1.82, 2.24) is 9.88 Å². The van der Waals surface area contributed by atoms with E-state index in [1.54, 1.807) is 6.20 Å². The summed E-state index contributed by atoms with van der Waals surface area (Å²) in [6.07, 6.45) is 5.86. The molecule has 20 heavy (non-hydrogen) atoms. The van der Waals surface area contributed by atoms with Gasteiger partial charge in [0.05, 0.1) is 25.9 Å². The lowest BCUT2D eigenvalue weighted by molar-refractivity contribution is -0.145. The first-order valence-corrected chi connectivity index (χ1v) is 7.03.